The van der Waals surface area contributed by atoms with Gasteiger partial charge >= 0.3 is 12.1 Å². The van der Waals surface area contributed by atoms with Gasteiger partial charge in [0.25, 0.3) is 0 Å². The molecule has 0 unspecified atom stereocenters. The third-order valence-corrected chi connectivity index (χ3v) is 4.79. The Morgan fingerprint density at radius 1 is 1.22 bits per heavy atom. The van der Waals surface area contributed by atoms with Gasteiger partial charge in [-0.2, -0.15) is 0 Å². The molecule has 0 atom stereocenters. The Morgan fingerprint density at radius 3 is 2.62 bits per heavy atom. The molecule has 0 bridgehead atoms. The minimum atomic E-state index is -1.28. The third-order valence-electron chi connectivity index (χ3n) is 4.79. The Balaban J connectivity index is 1.97. The highest BCUT2D eigenvalue weighted by atomic mass is 19.1. The van der Waals surface area contributed by atoms with E-state index in [-0.39, 0.29) is 28.9 Å². The van der Waals surface area contributed by atoms with Gasteiger partial charge in [-0.25, -0.2) is 14.0 Å². The number of nitrogens with two attached hydrogens (primary N) is 1. The molecule has 10 heteroatoms. The zero-order valence-corrected chi connectivity index (χ0v) is 16.8. The van der Waals surface area contributed by atoms with Crippen molar-refractivity contribution in [2.24, 2.45) is 5.73 Å². The van der Waals surface area contributed by atoms with Crippen LogP contribution in [0.15, 0.2) is 51.6 Å². The van der Waals surface area contributed by atoms with E-state index >= 15 is 0 Å². The number of furan rings is 1. The summed E-state index contributed by atoms with van der Waals surface area (Å²) >= 11 is 0. The Labute approximate surface area is 180 Å². The number of carbonyl (C=O) groups is 2. The molecule has 0 saturated carbocycles. The number of methoxy groups -OCH3 is 1. The van der Waals surface area contributed by atoms with Gasteiger partial charge in [0.1, 0.15) is 40.4 Å². The van der Waals surface area contributed by atoms with E-state index in [9.17, 15) is 19.1 Å². The van der Waals surface area contributed by atoms with Crippen LogP contribution in [0.1, 0.15) is 15.9 Å². The highest BCUT2D eigenvalue weighted by Crippen LogP contribution is 2.41. The van der Waals surface area contributed by atoms with Crippen LogP contribution in [0.5, 0.6) is 5.75 Å². The van der Waals surface area contributed by atoms with Crippen LogP contribution in [0.4, 0.5) is 9.18 Å². The van der Waals surface area contributed by atoms with Crippen LogP contribution >= 0.6 is 0 Å². The Kier molecular flexibility index (Phi) is 5.61. The summed E-state index contributed by atoms with van der Waals surface area (Å²) in [5.74, 6) is -1.13. The molecule has 0 fully saturated rings. The lowest BCUT2D eigenvalue weighted by atomic mass is 10.0. The van der Waals surface area contributed by atoms with Gasteiger partial charge in [-0.05, 0) is 36.4 Å². The number of primary amides is 1. The maximum Gasteiger partial charge on any atom is 0.412 e. The maximum atomic E-state index is 13.4. The zero-order valence-electron chi connectivity index (χ0n) is 16.8. The summed E-state index contributed by atoms with van der Waals surface area (Å²) in [7, 11) is 1.43. The third kappa shape index (κ3) is 3.79. The van der Waals surface area contributed by atoms with Crippen molar-refractivity contribution in [3.8, 4) is 28.3 Å². The molecule has 2 aromatic carbocycles. The van der Waals surface area contributed by atoms with E-state index in [1.54, 1.807) is 6.07 Å². The summed E-state index contributed by atoms with van der Waals surface area (Å²) in [6, 6.07) is 8.35. The van der Waals surface area contributed by atoms with Crippen molar-refractivity contribution in [3.63, 3.8) is 0 Å². The molecule has 0 aliphatic rings. The highest BCUT2D eigenvalue weighted by molar-refractivity contribution is 6.12. The summed E-state index contributed by atoms with van der Waals surface area (Å²) in [5, 5.41) is 13.6. The molecule has 1 amide bonds. The first-order valence-electron chi connectivity index (χ1n) is 9.39. The van der Waals surface area contributed by atoms with Gasteiger partial charge in [-0.3, -0.25) is 0 Å². The highest BCUT2D eigenvalue weighted by Gasteiger charge is 2.27. The molecule has 32 heavy (non-hydrogen) atoms. The molecule has 0 aliphatic heterocycles. The van der Waals surface area contributed by atoms with Crippen LogP contribution in [0, 0.1) is 5.82 Å². The molecule has 0 radical (unpaired) electrons. The maximum absolute atomic E-state index is 13.4. The zero-order chi connectivity index (χ0) is 22.8. The molecule has 0 aliphatic carbocycles. The number of fused-ring (bicyclic) bond motifs is 1. The number of benzene rings is 2. The monoisotopic (exact) mass is 440 g/mol. The quantitative estimate of drug-likeness (QED) is 0.342. The molecule has 9 nitrogen and oxygen atoms in total. The number of aliphatic hydroxyl groups excluding tert-OH is 1. The first-order chi connectivity index (χ1) is 15.4. The molecule has 2 aromatic heterocycles. The molecule has 0 spiro atoms. The number of aliphatic hydroxyl groups is 1. The molecular weight excluding hydrogens is 423 g/mol. The van der Waals surface area contributed by atoms with Gasteiger partial charge in [0, 0.05) is 35.1 Å². The van der Waals surface area contributed by atoms with E-state index in [1.807, 2.05) is 0 Å². The molecule has 2 heterocycles. The lowest BCUT2D eigenvalue weighted by Crippen LogP contribution is -2.18. The van der Waals surface area contributed by atoms with Crippen molar-refractivity contribution >= 4 is 23.0 Å². The molecular formula is C22H17FN2O7. The summed E-state index contributed by atoms with van der Waals surface area (Å²) < 4.78 is 34.5. The predicted octanol–water partition coefficient (Wildman–Crippen LogP) is 3.67. The second-order valence-corrected chi connectivity index (χ2v) is 6.73. The Hall–Kier alpha value is -4.18. The minimum absolute atomic E-state index is 0.0567. The Morgan fingerprint density at radius 2 is 1.97 bits per heavy atom. The second-order valence-electron chi connectivity index (χ2n) is 6.73. The van der Waals surface area contributed by atoms with E-state index < -0.39 is 17.9 Å². The van der Waals surface area contributed by atoms with E-state index in [2.05, 4.69) is 9.89 Å². The molecule has 3 N–H and O–H groups in total. The van der Waals surface area contributed by atoms with E-state index in [1.165, 1.54) is 43.7 Å². The molecule has 4 aromatic rings. The standard InChI is InChI=1S/C22H17FN2O7/c1-29-16-8-14-17(9-15(16)19-12(6-7-26)10-30-25-19)31-20(11-2-4-13(23)5-3-11)18(14)21(27)32-22(24)28/h2-5,8-10,26H,6-7H2,1H3,(H2,24,28). The smallest absolute Gasteiger partial charge is 0.412 e. The number of amides is 1. The topological polar surface area (TPSA) is 138 Å². The van der Waals surface area contributed by atoms with E-state index in [0.29, 0.717) is 34.6 Å². The van der Waals surface area contributed by atoms with Gasteiger partial charge in [-0.1, -0.05) is 5.16 Å². The van der Waals surface area contributed by atoms with Crippen LogP contribution in [0.25, 0.3) is 33.6 Å². The van der Waals surface area contributed by atoms with Crippen LogP contribution in [0.3, 0.4) is 0 Å². The summed E-state index contributed by atoms with van der Waals surface area (Å²) in [4.78, 5) is 23.9. The molecule has 0 saturated heterocycles. The number of esters is 1. The van der Waals surface area contributed by atoms with Crippen molar-refractivity contribution in [1.29, 1.82) is 0 Å². The van der Waals surface area contributed by atoms with E-state index in [0.717, 1.165) is 0 Å². The van der Waals surface area contributed by atoms with Gasteiger partial charge in [0.15, 0.2) is 0 Å². The van der Waals surface area contributed by atoms with Crippen molar-refractivity contribution in [3.05, 3.63) is 59.6 Å². The van der Waals surface area contributed by atoms with Crippen LogP contribution in [-0.2, 0) is 11.2 Å². The van der Waals surface area contributed by atoms with Crippen LogP contribution in [0.2, 0.25) is 0 Å². The fourth-order valence-corrected chi connectivity index (χ4v) is 3.40. The van der Waals surface area contributed by atoms with Crippen LogP contribution < -0.4 is 10.5 Å². The molecule has 164 valence electrons. The number of halogens is 1. The number of hydrogen-bond acceptors (Lipinski definition) is 8. The normalized spacial score (nSPS) is 11.0. The average Bonchev–Trinajstić information content (AvgIpc) is 3.37. The SMILES string of the molecule is COc1cc2c(C(=O)OC(N)=O)c(-c3ccc(F)cc3)oc2cc1-c1nocc1CCO. The van der Waals surface area contributed by atoms with Gasteiger partial charge in [0.05, 0.1) is 7.11 Å². The van der Waals surface area contributed by atoms with E-state index in [4.69, 9.17) is 19.4 Å². The minimum Gasteiger partial charge on any atom is -0.496 e. The first kappa shape index (κ1) is 21.1. The van der Waals surface area contributed by atoms with Gasteiger partial charge < -0.3 is 29.3 Å². The van der Waals surface area contributed by atoms with Crippen molar-refractivity contribution in [2.45, 2.75) is 6.42 Å². The lowest BCUT2D eigenvalue weighted by Gasteiger charge is -2.08. The number of nitrogens with zero attached hydrogens (tertiary/aromatic N) is 1. The van der Waals surface area contributed by atoms with Crippen molar-refractivity contribution < 1.29 is 37.5 Å². The summed E-state index contributed by atoms with van der Waals surface area (Å²) in [6.07, 6.45) is 0.431. The number of ether oxygens (including phenoxy) is 2. The summed E-state index contributed by atoms with van der Waals surface area (Å²) in [6.45, 7) is -0.114. The first-order valence-corrected chi connectivity index (χ1v) is 9.39. The molecule has 4 rings (SSSR count). The fourth-order valence-electron chi connectivity index (χ4n) is 3.40. The van der Waals surface area contributed by atoms with Crippen LogP contribution in [-0.4, -0.2) is 36.0 Å². The van der Waals surface area contributed by atoms with Crippen molar-refractivity contribution in [2.75, 3.05) is 13.7 Å². The predicted molar refractivity (Wildman–Crippen MR) is 109 cm³/mol. The average molecular weight is 440 g/mol. The summed E-state index contributed by atoms with van der Waals surface area (Å²) in [5.41, 5.74) is 7.12. The number of hydrogen-bond donors (Lipinski definition) is 2. The number of carbonyl (C=O) groups excluding carboxylic acids is 2. The second kappa shape index (κ2) is 8.52. The number of rotatable bonds is 6. The van der Waals surface area contributed by atoms with Crippen molar-refractivity contribution in [1.82, 2.24) is 5.16 Å². The lowest BCUT2D eigenvalue weighted by molar-refractivity contribution is 0.0640. The Bertz CT molecular complexity index is 1310. The number of aromatic nitrogens is 1. The van der Waals surface area contributed by atoms with Gasteiger partial charge in [0.2, 0.25) is 0 Å². The van der Waals surface area contributed by atoms with Gasteiger partial charge in [-0.15, -0.1) is 0 Å². The fraction of sp³-hybridized carbons (Fsp3) is 0.136. The largest absolute Gasteiger partial charge is 0.496 e.